The molecule has 0 aromatic heterocycles. The zero-order chi connectivity index (χ0) is 10.6. The van der Waals surface area contributed by atoms with Crippen molar-refractivity contribution in [3.8, 4) is 11.8 Å². The molecule has 1 unspecified atom stereocenters. The first-order valence-corrected chi connectivity index (χ1v) is 5.41. The van der Waals surface area contributed by atoms with Crippen molar-refractivity contribution < 1.29 is 0 Å². The topological polar surface area (TPSA) is 0 Å². The Balaban J connectivity index is 2.80. The Kier molecular flexibility index (Phi) is 4.10. The number of rotatable bonds is 1. The van der Waals surface area contributed by atoms with Crippen molar-refractivity contribution in [2.24, 2.45) is 0 Å². The Morgan fingerprint density at radius 3 is 2.07 bits per heavy atom. The van der Waals surface area contributed by atoms with Crippen LogP contribution in [0, 0.1) is 11.8 Å². The van der Waals surface area contributed by atoms with Crippen LogP contribution in [-0.4, -0.2) is 5.25 Å². The molecule has 0 fully saturated rings. The summed E-state index contributed by atoms with van der Waals surface area (Å²) in [6, 6.07) is 8.41. The molecule has 1 aromatic carbocycles. The fraction of sp³-hybridized carbons (Fsp3) is 0.385. The Bertz CT molecular complexity index is 336. The second-order valence-electron chi connectivity index (χ2n) is 3.72. The van der Waals surface area contributed by atoms with Crippen LogP contribution in [0.4, 0.5) is 0 Å². The molecule has 0 nitrogen and oxygen atoms in total. The maximum absolute atomic E-state index is 4.21. The normalized spacial score (nSPS) is 12.1. The van der Waals surface area contributed by atoms with Crippen molar-refractivity contribution >= 4 is 12.6 Å². The van der Waals surface area contributed by atoms with Gasteiger partial charge in [0, 0.05) is 5.56 Å². The summed E-state index contributed by atoms with van der Waals surface area (Å²) in [5, 5.41) is 0.139. The van der Waals surface area contributed by atoms with Crippen LogP contribution >= 0.6 is 12.6 Å². The van der Waals surface area contributed by atoms with Gasteiger partial charge in [0.05, 0.1) is 5.25 Å². The molecule has 0 radical (unpaired) electrons. The average molecular weight is 204 g/mol. The van der Waals surface area contributed by atoms with Gasteiger partial charge in [-0.05, 0) is 30.5 Å². The van der Waals surface area contributed by atoms with E-state index < -0.39 is 0 Å². The zero-order valence-corrected chi connectivity index (χ0v) is 9.81. The van der Waals surface area contributed by atoms with E-state index in [4.69, 9.17) is 0 Å². The first-order valence-electron chi connectivity index (χ1n) is 4.89. The predicted octanol–water partition coefficient (Wildman–Crippen LogP) is 3.48. The lowest BCUT2D eigenvalue weighted by atomic mass is 10.0. The monoisotopic (exact) mass is 204 g/mol. The third-order valence-corrected chi connectivity index (χ3v) is 2.13. The van der Waals surface area contributed by atoms with Crippen LogP contribution in [0.2, 0.25) is 0 Å². The summed E-state index contributed by atoms with van der Waals surface area (Å²) in [7, 11) is 0. The quantitative estimate of drug-likeness (QED) is 0.525. The minimum atomic E-state index is 0.139. The molecule has 14 heavy (non-hydrogen) atoms. The van der Waals surface area contributed by atoms with E-state index in [0.29, 0.717) is 5.92 Å². The largest absolute Gasteiger partial charge is 0.163 e. The average Bonchev–Trinajstić information content (AvgIpc) is 2.15. The van der Waals surface area contributed by atoms with Gasteiger partial charge in [-0.1, -0.05) is 37.8 Å². The summed E-state index contributed by atoms with van der Waals surface area (Å²) in [6.07, 6.45) is 0. The predicted molar refractivity (Wildman–Crippen MR) is 65.9 cm³/mol. The molecule has 1 aromatic rings. The van der Waals surface area contributed by atoms with Crippen LogP contribution < -0.4 is 0 Å². The minimum absolute atomic E-state index is 0.139. The van der Waals surface area contributed by atoms with Gasteiger partial charge in [-0.15, -0.1) is 0 Å². The van der Waals surface area contributed by atoms with Crippen molar-refractivity contribution in [2.75, 3.05) is 0 Å². The lowest BCUT2D eigenvalue weighted by molar-refractivity contribution is 0.866. The number of benzene rings is 1. The van der Waals surface area contributed by atoms with Gasteiger partial charge < -0.3 is 0 Å². The number of hydrogen-bond acceptors (Lipinski definition) is 1. The molecule has 0 heterocycles. The molecule has 0 saturated carbocycles. The van der Waals surface area contributed by atoms with Gasteiger partial charge in [-0.25, -0.2) is 0 Å². The maximum atomic E-state index is 4.21. The summed E-state index contributed by atoms with van der Waals surface area (Å²) in [5.74, 6) is 6.69. The standard InChI is InChI=1S/C13H16S/c1-10(2)13-8-6-12(7-9-13)5-4-11(3)14/h6-11,14H,1-3H3. The fourth-order valence-corrected chi connectivity index (χ4v) is 1.20. The third-order valence-electron chi connectivity index (χ3n) is 2.00. The Morgan fingerprint density at radius 1 is 1.07 bits per heavy atom. The highest BCUT2D eigenvalue weighted by atomic mass is 32.1. The highest BCUT2D eigenvalue weighted by Crippen LogP contribution is 2.14. The molecule has 0 bridgehead atoms. The van der Waals surface area contributed by atoms with Gasteiger partial charge >= 0.3 is 0 Å². The van der Waals surface area contributed by atoms with Crippen molar-refractivity contribution in [1.29, 1.82) is 0 Å². The molecule has 1 heteroatoms. The van der Waals surface area contributed by atoms with Gasteiger partial charge in [0.1, 0.15) is 0 Å². The highest BCUT2D eigenvalue weighted by molar-refractivity contribution is 7.81. The first-order chi connectivity index (χ1) is 6.59. The molecule has 0 N–H and O–H groups in total. The lowest BCUT2D eigenvalue weighted by Gasteiger charge is -2.03. The van der Waals surface area contributed by atoms with E-state index in [-0.39, 0.29) is 5.25 Å². The molecule has 0 amide bonds. The summed E-state index contributed by atoms with van der Waals surface area (Å²) >= 11 is 4.21. The van der Waals surface area contributed by atoms with Crippen LogP contribution in [0.15, 0.2) is 24.3 Å². The molecule has 74 valence electrons. The SMILES string of the molecule is CC(S)C#Cc1ccc(C(C)C)cc1. The van der Waals surface area contributed by atoms with Gasteiger partial charge in [-0.3, -0.25) is 0 Å². The van der Waals surface area contributed by atoms with Crippen LogP contribution in [0.5, 0.6) is 0 Å². The molecule has 1 atom stereocenters. The molecule has 0 aliphatic rings. The van der Waals surface area contributed by atoms with E-state index in [2.05, 4.69) is 62.6 Å². The van der Waals surface area contributed by atoms with Crippen LogP contribution in [0.3, 0.4) is 0 Å². The van der Waals surface area contributed by atoms with Crippen LogP contribution in [0.25, 0.3) is 0 Å². The fourth-order valence-electron chi connectivity index (χ4n) is 1.14. The third kappa shape index (κ3) is 3.47. The smallest absolute Gasteiger partial charge is 0.0602 e. The van der Waals surface area contributed by atoms with E-state index in [1.54, 1.807) is 0 Å². The first kappa shape index (κ1) is 11.2. The minimum Gasteiger partial charge on any atom is -0.163 e. The van der Waals surface area contributed by atoms with E-state index in [9.17, 15) is 0 Å². The van der Waals surface area contributed by atoms with Crippen molar-refractivity contribution in [2.45, 2.75) is 31.9 Å². The summed E-state index contributed by atoms with van der Waals surface area (Å²) in [5.41, 5.74) is 2.42. The van der Waals surface area contributed by atoms with Gasteiger partial charge in [0.25, 0.3) is 0 Å². The molecule has 1 rings (SSSR count). The zero-order valence-electron chi connectivity index (χ0n) is 8.91. The van der Waals surface area contributed by atoms with Gasteiger partial charge in [0.2, 0.25) is 0 Å². The van der Waals surface area contributed by atoms with Gasteiger partial charge in [-0.2, -0.15) is 12.6 Å². The molecule has 0 aliphatic heterocycles. The molecule has 0 spiro atoms. The van der Waals surface area contributed by atoms with E-state index in [1.807, 2.05) is 6.92 Å². The summed E-state index contributed by atoms with van der Waals surface area (Å²) in [6.45, 7) is 6.35. The number of thiol groups is 1. The number of hydrogen-bond donors (Lipinski definition) is 1. The maximum Gasteiger partial charge on any atom is 0.0602 e. The highest BCUT2D eigenvalue weighted by Gasteiger charge is 1.96. The van der Waals surface area contributed by atoms with Gasteiger partial charge in [0.15, 0.2) is 0 Å². The molecular weight excluding hydrogens is 188 g/mol. The van der Waals surface area contributed by atoms with Crippen molar-refractivity contribution in [3.05, 3.63) is 35.4 Å². The molecule has 0 aliphatic carbocycles. The van der Waals surface area contributed by atoms with E-state index in [0.717, 1.165) is 5.56 Å². The molecule has 0 saturated heterocycles. The van der Waals surface area contributed by atoms with E-state index >= 15 is 0 Å². The van der Waals surface area contributed by atoms with Crippen molar-refractivity contribution in [3.63, 3.8) is 0 Å². The Labute approximate surface area is 92.1 Å². The van der Waals surface area contributed by atoms with Crippen LogP contribution in [-0.2, 0) is 0 Å². The van der Waals surface area contributed by atoms with Crippen molar-refractivity contribution in [1.82, 2.24) is 0 Å². The second kappa shape index (κ2) is 5.12. The van der Waals surface area contributed by atoms with E-state index in [1.165, 1.54) is 5.56 Å². The second-order valence-corrected chi connectivity index (χ2v) is 4.50. The van der Waals surface area contributed by atoms with Crippen LogP contribution in [0.1, 0.15) is 37.8 Å². The lowest BCUT2D eigenvalue weighted by Crippen LogP contribution is -1.87. The summed E-state index contributed by atoms with van der Waals surface area (Å²) < 4.78 is 0. The summed E-state index contributed by atoms with van der Waals surface area (Å²) in [4.78, 5) is 0. The Hall–Kier alpha value is -0.870. The molecular formula is C13H16S. The Morgan fingerprint density at radius 2 is 1.64 bits per heavy atom.